The summed E-state index contributed by atoms with van der Waals surface area (Å²) < 4.78 is 8.12. The molecular formula is C56H76N12O7. The molecule has 19 nitrogen and oxygen atoms in total. The lowest BCUT2D eigenvalue weighted by Crippen LogP contribution is -2.52. The van der Waals surface area contributed by atoms with Crippen LogP contribution in [0.1, 0.15) is 156 Å². The molecule has 19 heteroatoms. The van der Waals surface area contributed by atoms with Crippen LogP contribution in [0, 0.1) is 5.92 Å². The number of imide groups is 1. The number of nitrogens with zero attached hydrogens (tertiary/aromatic N) is 7. The molecule has 1 aliphatic carbocycles. The number of fused-ring (bicyclic) bond motifs is 3. The number of nitrogens with one attached hydrogen (secondary N) is 5. The average molecular weight is 1030 g/mol. The molecule has 7 N–H and O–H groups in total. The van der Waals surface area contributed by atoms with Crippen LogP contribution < -0.4 is 21.3 Å². The zero-order valence-corrected chi connectivity index (χ0v) is 44.2. The minimum Gasteiger partial charge on any atom is -0.387 e. The van der Waals surface area contributed by atoms with E-state index < -0.39 is 42.4 Å². The summed E-state index contributed by atoms with van der Waals surface area (Å²) in [7, 11) is 0. The van der Waals surface area contributed by atoms with Crippen LogP contribution in [0.5, 0.6) is 0 Å². The van der Waals surface area contributed by atoms with Crippen LogP contribution in [0.3, 0.4) is 0 Å². The number of hydrogen-bond donors (Lipinski definition) is 7. The van der Waals surface area contributed by atoms with E-state index in [4.69, 9.17) is 9.72 Å². The van der Waals surface area contributed by atoms with Crippen molar-refractivity contribution < 1.29 is 34.1 Å². The molecule has 2 saturated heterocycles. The first-order valence-corrected chi connectivity index (χ1v) is 27.2. The highest BCUT2D eigenvalue weighted by Gasteiger charge is 2.47. The number of piperidine rings is 1. The number of amides is 4. The topological polar surface area (TPSA) is 245 Å². The van der Waals surface area contributed by atoms with Crippen LogP contribution in [0.15, 0.2) is 61.3 Å². The van der Waals surface area contributed by atoms with Gasteiger partial charge in [-0.1, -0.05) is 52.7 Å². The molecule has 402 valence electrons. The number of allylic oxidation sites excluding steroid dienone is 1. The fourth-order valence-electron chi connectivity index (χ4n) is 11.1. The van der Waals surface area contributed by atoms with Crippen molar-refractivity contribution in [2.75, 3.05) is 36.8 Å². The van der Waals surface area contributed by atoms with E-state index in [0.717, 1.165) is 98.1 Å². The average Bonchev–Trinajstić information content (AvgIpc) is 4.12. The zero-order valence-electron chi connectivity index (χ0n) is 44.2. The van der Waals surface area contributed by atoms with Gasteiger partial charge in [0.25, 0.3) is 11.8 Å². The normalized spacial score (nSPS) is 22.9. The third kappa shape index (κ3) is 12.2. The van der Waals surface area contributed by atoms with E-state index in [9.17, 15) is 29.4 Å². The number of anilines is 2. The third-order valence-corrected chi connectivity index (χ3v) is 15.6. The van der Waals surface area contributed by atoms with Crippen LogP contribution in [0.4, 0.5) is 11.5 Å². The largest absolute Gasteiger partial charge is 0.387 e. The summed E-state index contributed by atoms with van der Waals surface area (Å²) in [6.45, 7) is 17.2. The van der Waals surface area contributed by atoms with Gasteiger partial charge < -0.3 is 41.2 Å². The molecule has 4 aliphatic rings. The molecule has 0 spiro atoms. The van der Waals surface area contributed by atoms with Crippen LogP contribution in [-0.2, 0) is 26.2 Å². The van der Waals surface area contributed by atoms with Gasteiger partial charge in [0.15, 0.2) is 23.2 Å². The summed E-state index contributed by atoms with van der Waals surface area (Å²) in [6.07, 6.45) is 11.1. The molecule has 9 rings (SSSR count). The number of benzene rings is 2. The SMILES string of the molecule is C=C1CCC(N2C(=O)c3ccc(NCCCCCCCC(=O)NCCCCNc4ncnc5c4ncn5[C@@H]4O[C@H](CN(C(C)C)C5CC(CCc6nc7ccc(C(C)(C)C)cc7[nH]6)C5)C(O)[C@@H]4O)cc3C2=O)C(=O)N1. The third-order valence-electron chi connectivity index (χ3n) is 15.6. The van der Waals surface area contributed by atoms with Crippen molar-refractivity contribution in [1.29, 1.82) is 0 Å². The van der Waals surface area contributed by atoms with Gasteiger partial charge in [0, 0.05) is 62.5 Å². The van der Waals surface area contributed by atoms with Gasteiger partial charge in [-0.2, -0.15) is 0 Å². The standard InChI is InChI=1S/C56H76N12O7/c1-33(2)66(38-26-35(27-38)16-22-45-64-41-20-17-36(56(4,5)6)28-42(41)65-45)30-44-48(70)49(71)55(75-44)67-32-62-47-50(60-31-61-51(47)67)59-25-13-12-24-58-46(69)14-10-8-7-9-11-23-57-37-18-19-39-40(29-37)54(74)68(53(39)73)43-21-15-34(3)63-52(43)72/h17-20,28-29,31-33,35,38,43-44,48-49,55,57,70-71H,3,7-16,21-27,30H2,1-2,4-6H3,(H,58,69)(H,63,72)(H,64,65)(H,59,60,61)/t35?,38?,43?,44-,48?,49+,55-/m1/s1. The monoisotopic (exact) mass is 1030 g/mol. The number of aliphatic hydroxyl groups is 2. The second-order valence-electron chi connectivity index (χ2n) is 22.4. The summed E-state index contributed by atoms with van der Waals surface area (Å²) in [5.74, 6) is 0.966. The quantitative estimate of drug-likeness (QED) is 0.0246. The number of aromatic amines is 1. The predicted molar refractivity (Wildman–Crippen MR) is 287 cm³/mol. The molecule has 5 aromatic rings. The van der Waals surface area contributed by atoms with Gasteiger partial charge in [-0.05, 0) is 119 Å². The van der Waals surface area contributed by atoms with Crippen molar-refractivity contribution in [1.82, 2.24) is 49.9 Å². The van der Waals surface area contributed by atoms with Crippen LogP contribution in [-0.4, -0.2) is 136 Å². The smallest absolute Gasteiger partial charge is 0.262 e. The van der Waals surface area contributed by atoms with Crippen molar-refractivity contribution in [2.24, 2.45) is 5.92 Å². The Kier molecular flexibility index (Phi) is 16.6. The minimum absolute atomic E-state index is 0.0450. The number of imidazole rings is 2. The second kappa shape index (κ2) is 23.3. The lowest BCUT2D eigenvalue weighted by atomic mass is 9.76. The molecule has 5 atom stereocenters. The highest BCUT2D eigenvalue weighted by Crippen LogP contribution is 2.39. The first kappa shape index (κ1) is 53.5. The number of unbranched alkanes of at least 4 members (excludes halogenated alkanes) is 5. The van der Waals surface area contributed by atoms with Crippen molar-refractivity contribution in [3.05, 3.63) is 83.8 Å². The van der Waals surface area contributed by atoms with Crippen LogP contribution in [0.2, 0.25) is 0 Å². The Labute approximate surface area is 439 Å². The number of aromatic nitrogens is 6. The van der Waals surface area contributed by atoms with Gasteiger partial charge in [0.2, 0.25) is 11.8 Å². The number of aryl methyl sites for hydroxylation is 1. The molecular weight excluding hydrogens is 953 g/mol. The molecule has 0 radical (unpaired) electrons. The molecule has 4 amide bonds. The number of carbonyl (C=O) groups is 4. The molecule has 3 aromatic heterocycles. The first-order chi connectivity index (χ1) is 36.0. The summed E-state index contributed by atoms with van der Waals surface area (Å²) in [5.41, 5.74) is 6.49. The van der Waals surface area contributed by atoms with Crippen LogP contribution >= 0.6 is 0 Å². The number of H-pyrrole nitrogens is 1. The zero-order chi connectivity index (χ0) is 53.0. The summed E-state index contributed by atoms with van der Waals surface area (Å²) in [6, 6.07) is 11.4. The van der Waals surface area contributed by atoms with Crippen molar-refractivity contribution in [3.8, 4) is 0 Å². The van der Waals surface area contributed by atoms with E-state index in [1.807, 2.05) is 0 Å². The Morgan fingerprint density at radius 3 is 2.44 bits per heavy atom. The van der Waals surface area contributed by atoms with Gasteiger partial charge in [-0.3, -0.25) is 33.5 Å². The number of carbonyl (C=O) groups excluding carboxylic acids is 4. The molecule has 0 bridgehead atoms. The maximum atomic E-state index is 13.2. The van der Waals surface area contributed by atoms with E-state index in [-0.39, 0.29) is 23.3 Å². The fraction of sp³-hybridized carbons (Fsp3) is 0.571. The Hall–Kier alpha value is -6.28. The van der Waals surface area contributed by atoms with E-state index in [1.54, 1.807) is 29.1 Å². The Bertz CT molecular complexity index is 2870. The number of ether oxygens (including phenoxy) is 1. The Balaban J connectivity index is 0.636. The van der Waals surface area contributed by atoms with E-state index >= 15 is 0 Å². The highest BCUT2D eigenvalue weighted by atomic mass is 16.6. The maximum Gasteiger partial charge on any atom is 0.262 e. The number of rotatable bonds is 24. The van der Waals surface area contributed by atoms with Crippen molar-refractivity contribution in [2.45, 2.75) is 173 Å². The molecule has 2 unspecified atom stereocenters. The summed E-state index contributed by atoms with van der Waals surface area (Å²) in [4.78, 5) is 76.7. The fourth-order valence-corrected chi connectivity index (χ4v) is 11.1. The predicted octanol–water partition coefficient (Wildman–Crippen LogP) is 6.89. The summed E-state index contributed by atoms with van der Waals surface area (Å²) >= 11 is 0. The second-order valence-corrected chi connectivity index (χ2v) is 22.4. The molecule has 75 heavy (non-hydrogen) atoms. The molecule has 3 fully saturated rings. The van der Waals surface area contributed by atoms with E-state index in [0.29, 0.717) is 91.2 Å². The molecule has 2 aromatic carbocycles. The van der Waals surface area contributed by atoms with E-state index in [2.05, 4.69) is 105 Å². The lowest BCUT2D eigenvalue weighted by Gasteiger charge is -2.46. The maximum absolute atomic E-state index is 13.2. The minimum atomic E-state index is -1.17. The van der Waals surface area contributed by atoms with Gasteiger partial charge in [-0.25, -0.2) is 19.9 Å². The number of aliphatic hydroxyl groups excluding tert-OH is 2. The first-order valence-electron chi connectivity index (χ1n) is 27.2. The van der Waals surface area contributed by atoms with Crippen molar-refractivity contribution in [3.63, 3.8) is 0 Å². The molecule has 1 saturated carbocycles. The lowest BCUT2D eigenvalue weighted by molar-refractivity contribution is -0.125. The van der Waals surface area contributed by atoms with Gasteiger partial charge in [0.05, 0.1) is 28.5 Å². The highest BCUT2D eigenvalue weighted by molar-refractivity contribution is 6.23. The molecule has 3 aliphatic heterocycles. The molecule has 6 heterocycles. The van der Waals surface area contributed by atoms with Gasteiger partial charge in [0.1, 0.15) is 36.5 Å². The van der Waals surface area contributed by atoms with E-state index in [1.165, 1.54) is 11.9 Å². The number of hydrogen-bond acceptors (Lipinski definition) is 14. The Morgan fingerprint density at radius 2 is 1.65 bits per heavy atom. The van der Waals surface area contributed by atoms with Gasteiger partial charge >= 0.3 is 0 Å². The van der Waals surface area contributed by atoms with Gasteiger partial charge in [-0.15, -0.1) is 0 Å². The Morgan fingerprint density at radius 1 is 0.907 bits per heavy atom. The summed E-state index contributed by atoms with van der Waals surface area (Å²) in [5, 5.41) is 35.0. The van der Waals surface area contributed by atoms with Crippen LogP contribution in [0.25, 0.3) is 22.2 Å². The van der Waals surface area contributed by atoms with Crippen molar-refractivity contribution >= 4 is 57.3 Å².